The quantitative estimate of drug-likeness (QED) is 0.495. The molecular formula is C21H19FO3S. The van der Waals surface area contributed by atoms with Gasteiger partial charge in [-0.25, -0.2) is 9.18 Å². The van der Waals surface area contributed by atoms with Gasteiger partial charge in [0.2, 0.25) is 0 Å². The first kappa shape index (κ1) is 18.1. The van der Waals surface area contributed by atoms with Gasteiger partial charge >= 0.3 is 5.97 Å². The number of rotatable bonds is 5. The van der Waals surface area contributed by atoms with Gasteiger partial charge in [0.15, 0.2) is 11.6 Å². The van der Waals surface area contributed by atoms with E-state index >= 15 is 0 Å². The van der Waals surface area contributed by atoms with Gasteiger partial charge in [-0.3, -0.25) is 0 Å². The van der Waals surface area contributed by atoms with Crippen molar-refractivity contribution in [2.24, 2.45) is 0 Å². The molecule has 5 heteroatoms. The van der Waals surface area contributed by atoms with Crippen molar-refractivity contribution in [2.45, 2.75) is 26.7 Å². The number of esters is 1. The highest BCUT2D eigenvalue weighted by atomic mass is 32.1. The molecule has 1 N–H and O–H groups in total. The predicted octanol–water partition coefficient (Wildman–Crippen LogP) is 5.21. The zero-order valence-corrected chi connectivity index (χ0v) is 15.4. The van der Waals surface area contributed by atoms with Gasteiger partial charge in [-0.2, -0.15) is 0 Å². The lowest BCUT2D eigenvalue weighted by molar-refractivity contribution is 0.0733. The number of phenolic OH excluding ortho intramolecular Hbond substituents is 1. The molecule has 0 bridgehead atoms. The number of carbonyl (C=O) groups is 1. The van der Waals surface area contributed by atoms with Gasteiger partial charge in [-0.05, 0) is 67.6 Å². The maximum atomic E-state index is 13.6. The van der Waals surface area contributed by atoms with Gasteiger partial charge in [-0.1, -0.05) is 24.3 Å². The topological polar surface area (TPSA) is 46.5 Å². The minimum atomic E-state index is -0.560. The van der Waals surface area contributed by atoms with Crippen LogP contribution in [0.25, 0.3) is 0 Å². The Morgan fingerprint density at radius 2 is 1.77 bits per heavy atom. The fourth-order valence-corrected chi connectivity index (χ4v) is 3.64. The zero-order chi connectivity index (χ0) is 18.7. The molecule has 3 nitrogen and oxygen atoms in total. The number of thiophene rings is 1. The number of phenols is 1. The average molecular weight is 370 g/mol. The third-order valence-corrected chi connectivity index (χ3v) is 5.24. The molecule has 0 saturated heterocycles. The van der Waals surface area contributed by atoms with Crippen LogP contribution in [0.4, 0.5) is 4.39 Å². The summed E-state index contributed by atoms with van der Waals surface area (Å²) in [4.78, 5) is 13.7. The lowest BCUT2D eigenvalue weighted by Crippen LogP contribution is -2.07. The largest absolute Gasteiger partial charge is 0.507 e. The number of halogens is 1. The fourth-order valence-electron chi connectivity index (χ4n) is 2.76. The van der Waals surface area contributed by atoms with Gasteiger partial charge in [0, 0.05) is 4.88 Å². The van der Waals surface area contributed by atoms with Crippen LogP contribution >= 0.6 is 11.3 Å². The van der Waals surface area contributed by atoms with Crippen molar-refractivity contribution >= 4 is 17.3 Å². The van der Waals surface area contributed by atoms with Crippen LogP contribution in [0.3, 0.4) is 0 Å². The molecule has 3 rings (SSSR count). The van der Waals surface area contributed by atoms with Gasteiger partial charge in [0.1, 0.15) is 10.6 Å². The van der Waals surface area contributed by atoms with Crippen molar-refractivity contribution in [1.29, 1.82) is 0 Å². The van der Waals surface area contributed by atoms with Gasteiger partial charge < -0.3 is 9.84 Å². The highest BCUT2D eigenvalue weighted by Crippen LogP contribution is 2.25. The fraction of sp³-hybridized carbons (Fsp3) is 0.190. The Kier molecular flexibility index (Phi) is 5.38. The van der Waals surface area contributed by atoms with Crippen LogP contribution in [0, 0.1) is 19.7 Å². The molecule has 1 aromatic heterocycles. The summed E-state index contributed by atoms with van der Waals surface area (Å²) < 4.78 is 18.7. The average Bonchev–Trinajstić information content (AvgIpc) is 3.09. The molecule has 134 valence electrons. The number of benzene rings is 2. The van der Waals surface area contributed by atoms with E-state index in [1.165, 1.54) is 23.5 Å². The van der Waals surface area contributed by atoms with E-state index in [-0.39, 0.29) is 5.75 Å². The monoisotopic (exact) mass is 370 g/mol. The number of aromatic hydroxyl groups is 1. The molecule has 0 spiro atoms. The number of aryl methyl sites for hydroxylation is 4. The normalized spacial score (nSPS) is 10.7. The number of hydrogen-bond donors (Lipinski definition) is 1. The van der Waals surface area contributed by atoms with Crippen molar-refractivity contribution in [3.05, 3.63) is 80.8 Å². The standard InChI is InChI=1S/C21H19FO3S/c1-13-11-15(12-14(2)20(13)23)7-8-16-9-10-19(26-16)21(24)25-18-6-4-3-5-17(18)22/h3-6,9-12,23H,7-8H2,1-2H3. The minimum Gasteiger partial charge on any atom is -0.507 e. The third-order valence-electron chi connectivity index (χ3n) is 4.11. The molecule has 1 heterocycles. The van der Waals surface area contributed by atoms with Crippen molar-refractivity contribution in [2.75, 3.05) is 0 Å². The molecular weight excluding hydrogens is 351 g/mol. The van der Waals surface area contributed by atoms with Gasteiger partial charge in [0.05, 0.1) is 0 Å². The summed E-state index contributed by atoms with van der Waals surface area (Å²) in [5, 5.41) is 9.85. The lowest BCUT2D eigenvalue weighted by Gasteiger charge is -2.07. The summed E-state index contributed by atoms with van der Waals surface area (Å²) in [5.41, 5.74) is 2.86. The second-order valence-electron chi connectivity index (χ2n) is 6.16. The highest BCUT2D eigenvalue weighted by molar-refractivity contribution is 7.13. The Morgan fingerprint density at radius 1 is 1.08 bits per heavy atom. The van der Waals surface area contributed by atoms with E-state index in [0.29, 0.717) is 10.6 Å². The second kappa shape index (κ2) is 7.70. The third kappa shape index (κ3) is 4.11. The summed E-state index contributed by atoms with van der Waals surface area (Å²) in [6.45, 7) is 3.77. The molecule has 0 radical (unpaired) electrons. The second-order valence-corrected chi connectivity index (χ2v) is 7.33. The summed E-state index contributed by atoms with van der Waals surface area (Å²) in [6.07, 6.45) is 1.59. The first-order valence-corrected chi connectivity index (χ1v) is 9.10. The smallest absolute Gasteiger partial charge is 0.353 e. The van der Waals surface area contributed by atoms with E-state index in [9.17, 15) is 14.3 Å². The van der Waals surface area contributed by atoms with Crippen molar-refractivity contribution in [3.63, 3.8) is 0 Å². The number of ether oxygens (including phenoxy) is 1. The number of carbonyl (C=O) groups excluding carboxylic acids is 1. The van der Waals surface area contributed by atoms with E-state index < -0.39 is 11.8 Å². The first-order chi connectivity index (χ1) is 12.4. The van der Waals surface area contributed by atoms with Crippen LogP contribution in [0.15, 0.2) is 48.5 Å². The maximum Gasteiger partial charge on any atom is 0.353 e. The van der Waals surface area contributed by atoms with Crippen molar-refractivity contribution in [1.82, 2.24) is 0 Å². The number of hydrogen-bond acceptors (Lipinski definition) is 4. The van der Waals surface area contributed by atoms with Crippen molar-refractivity contribution in [3.8, 4) is 11.5 Å². The summed E-state index contributed by atoms with van der Waals surface area (Å²) in [5.74, 6) is -0.844. The summed E-state index contributed by atoms with van der Waals surface area (Å²) in [7, 11) is 0. The predicted molar refractivity (Wildman–Crippen MR) is 101 cm³/mol. The summed E-state index contributed by atoms with van der Waals surface area (Å²) in [6, 6.07) is 13.4. The molecule has 0 saturated carbocycles. The Hall–Kier alpha value is -2.66. The molecule has 2 aromatic carbocycles. The summed E-state index contributed by atoms with van der Waals surface area (Å²) >= 11 is 1.35. The number of para-hydroxylation sites is 1. The van der Waals surface area contributed by atoms with Crippen LogP contribution in [0.2, 0.25) is 0 Å². The maximum absolute atomic E-state index is 13.6. The molecule has 3 aromatic rings. The highest BCUT2D eigenvalue weighted by Gasteiger charge is 2.14. The molecule has 0 aliphatic rings. The lowest BCUT2D eigenvalue weighted by atomic mass is 10.0. The molecule has 0 unspecified atom stereocenters. The Labute approximate surface area is 155 Å². The van der Waals surface area contributed by atoms with E-state index in [4.69, 9.17) is 4.74 Å². The van der Waals surface area contributed by atoms with E-state index in [1.54, 1.807) is 18.2 Å². The first-order valence-electron chi connectivity index (χ1n) is 8.28. The zero-order valence-electron chi connectivity index (χ0n) is 14.6. The van der Waals surface area contributed by atoms with E-state index in [1.807, 2.05) is 32.0 Å². The van der Waals surface area contributed by atoms with E-state index in [2.05, 4.69) is 0 Å². The molecule has 0 atom stereocenters. The molecule has 26 heavy (non-hydrogen) atoms. The SMILES string of the molecule is Cc1cc(CCc2ccc(C(=O)Oc3ccccc3F)s2)cc(C)c1O. The van der Waals surface area contributed by atoms with Gasteiger partial charge in [0.25, 0.3) is 0 Å². The van der Waals surface area contributed by atoms with Crippen LogP contribution < -0.4 is 4.74 Å². The Morgan fingerprint density at radius 3 is 2.46 bits per heavy atom. The molecule has 0 amide bonds. The van der Waals surface area contributed by atoms with Crippen LogP contribution in [0.1, 0.15) is 31.2 Å². The van der Waals surface area contributed by atoms with Crippen molar-refractivity contribution < 1.29 is 19.0 Å². The molecule has 0 fully saturated rings. The Balaban J connectivity index is 1.64. The van der Waals surface area contributed by atoms with E-state index in [0.717, 1.165) is 34.4 Å². The van der Waals surface area contributed by atoms with Crippen LogP contribution in [0.5, 0.6) is 11.5 Å². The molecule has 0 aliphatic carbocycles. The minimum absolute atomic E-state index is 0.0671. The molecule has 0 aliphatic heterocycles. The van der Waals surface area contributed by atoms with Gasteiger partial charge in [-0.15, -0.1) is 11.3 Å². The van der Waals surface area contributed by atoms with Crippen LogP contribution in [-0.4, -0.2) is 11.1 Å². The van der Waals surface area contributed by atoms with Crippen LogP contribution in [-0.2, 0) is 12.8 Å². The Bertz CT molecular complexity index is 923.